The van der Waals surface area contributed by atoms with E-state index in [4.69, 9.17) is 9.47 Å². The standard InChI is InChI=1S/C23H31N3O7S/c1-2-3-14-33-19-4-6-20(7-5-19)34(30,31)18-23(8-10-24-11-9-23)22(28)26(29)21(27)17-25-12-15-32-16-13-25/h4-7,24,29H,8-18H2,1H3. The average molecular weight is 494 g/mol. The number of hydrogen-bond donors (Lipinski definition) is 2. The highest BCUT2D eigenvalue weighted by molar-refractivity contribution is 7.91. The molecule has 0 aliphatic carbocycles. The first-order chi connectivity index (χ1) is 16.3. The second-order valence-electron chi connectivity index (χ2n) is 8.38. The lowest BCUT2D eigenvalue weighted by atomic mass is 9.79. The summed E-state index contributed by atoms with van der Waals surface area (Å²) in [4.78, 5) is 27.7. The van der Waals surface area contributed by atoms with Crippen molar-refractivity contribution in [3.63, 3.8) is 0 Å². The van der Waals surface area contributed by atoms with Crippen molar-refractivity contribution >= 4 is 21.7 Å². The van der Waals surface area contributed by atoms with Gasteiger partial charge in [0.1, 0.15) is 12.4 Å². The van der Waals surface area contributed by atoms with Crippen LogP contribution in [0.25, 0.3) is 0 Å². The zero-order chi connectivity index (χ0) is 24.6. The van der Waals surface area contributed by atoms with Gasteiger partial charge in [0.25, 0.3) is 11.8 Å². The van der Waals surface area contributed by atoms with E-state index in [1.807, 2.05) is 0 Å². The van der Waals surface area contributed by atoms with Gasteiger partial charge in [0, 0.05) is 13.1 Å². The lowest BCUT2D eigenvalue weighted by Crippen LogP contribution is -2.55. The topological polar surface area (TPSA) is 125 Å². The molecule has 1 aromatic rings. The van der Waals surface area contributed by atoms with Crippen LogP contribution in [0.5, 0.6) is 5.75 Å². The van der Waals surface area contributed by atoms with Crippen molar-refractivity contribution in [2.75, 3.05) is 58.3 Å². The van der Waals surface area contributed by atoms with Crippen LogP contribution in [0.1, 0.15) is 19.8 Å². The number of hydrogen-bond acceptors (Lipinski definition) is 9. The summed E-state index contributed by atoms with van der Waals surface area (Å²) in [5.41, 5.74) is -1.41. The lowest BCUT2D eigenvalue weighted by Gasteiger charge is -2.37. The van der Waals surface area contributed by atoms with E-state index >= 15 is 0 Å². The molecule has 0 aromatic heterocycles. The number of amides is 2. The number of ether oxygens (including phenoxy) is 2. The third-order valence-electron chi connectivity index (χ3n) is 6.04. The maximum Gasteiger partial charge on any atom is 0.267 e. The van der Waals surface area contributed by atoms with Crippen molar-refractivity contribution in [3.8, 4) is 17.6 Å². The molecule has 0 atom stereocenters. The van der Waals surface area contributed by atoms with E-state index in [1.54, 1.807) is 11.8 Å². The molecule has 2 saturated heterocycles. The number of rotatable bonds is 8. The van der Waals surface area contributed by atoms with Crippen LogP contribution in [-0.4, -0.2) is 93.7 Å². The molecule has 2 aliphatic heterocycles. The zero-order valence-corrected chi connectivity index (χ0v) is 20.1. The number of nitrogens with zero attached hydrogens (tertiary/aromatic N) is 2. The highest BCUT2D eigenvalue weighted by Gasteiger charge is 2.47. The minimum atomic E-state index is -3.90. The Kier molecular flexibility index (Phi) is 9.04. The largest absolute Gasteiger partial charge is 0.481 e. The molecule has 2 heterocycles. The predicted octanol–water partition coefficient (Wildman–Crippen LogP) is 0.309. The molecule has 1 aromatic carbocycles. The van der Waals surface area contributed by atoms with Gasteiger partial charge in [-0.2, -0.15) is 5.06 Å². The molecule has 2 fully saturated rings. The second-order valence-corrected chi connectivity index (χ2v) is 10.4. The van der Waals surface area contributed by atoms with Gasteiger partial charge in [0.05, 0.1) is 35.8 Å². The summed E-state index contributed by atoms with van der Waals surface area (Å²) in [5.74, 6) is 3.78. The van der Waals surface area contributed by atoms with Gasteiger partial charge in [0.2, 0.25) is 0 Å². The molecule has 2 amide bonds. The highest BCUT2D eigenvalue weighted by Crippen LogP contribution is 2.35. The van der Waals surface area contributed by atoms with Crippen molar-refractivity contribution in [1.29, 1.82) is 0 Å². The zero-order valence-electron chi connectivity index (χ0n) is 19.3. The number of carbonyl (C=O) groups is 2. The van der Waals surface area contributed by atoms with Crippen molar-refractivity contribution in [2.45, 2.75) is 24.7 Å². The van der Waals surface area contributed by atoms with E-state index in [0.29, 0.717) is 45.1 Å². The molecule has 3 rings (SSSR count). The Bertz CT molecular complexity index is 1020. The van der Waals surface area contributed by atoms with Crippen LogP contribution in [0.3, 0.4) is 0 Å². The molecule has 0 radical (unpaired) electrons. The van der Waals surface area contributed by atoms with Gasteiger partial charge < -0.3 is 14.8 Å². The number of imide groups is 1. The minimum absolute atomic E-state index is 0.0382. The molecule has 11 heteroatoms. The Balaban J connectivity index is 1.74. The van der Waals surface area contributed by atoms with Gasteiger partial charge in [-0.1, -0.05) is 5.92 Å². The first-order valence-electron chi connectivity index (χ1n) is 11.2. The maximum atomic E-state index is 13.3. The van der Waals surface area contributed by atoms with E-state index in [2.05, 4.69) is 17.2 Å². The van der Waals surface area contributed by atoms with Crippen LogP contribution in [0.2, 0.25) is 0 Å². The number of sulfone groups is 1. The van der Waals surface area contributed by atoms with Crippen LogP contribution in [0, 0.1) is 17.3 Å². The fourth-order valence-electron chi connectivity index (χ4n) is 4.06. The third kappa shape index (κ3) is 6.55. The highest BCUT2D eigenvalue weighted by atomic mass is 32.2. The van der Waals surface area contributed by atoms with E-state index in [1.165, 1.54) is 24.3 Å². The Morgan fingerprint density at radius 2 is 1.85 bits per heavy atom. The molecule has 2 N–H and O–H groups in total. The van der Waals surface area contributed by atoms with Gasteiger partial charge in [-0.05, 0) is 57.1 Å². The fourth-order valence-corrected chi connectivity index (χ4v) is 5.92. The van der Waals surface area contributed by atoms with Gasteiger partial charge in [-0.3, -0.25) is 19.7 Å². The van der Waals surface area contributed by atoms with E-state index in [9.17, 15) is 23.2 Å². The number of nitrogens with one attached hydrogen (secondary N) is 1. The van der Waals surface area contributed by atoms with Crippen molar-refractivity contribution in [1.82, 2.24) is 15.3 Å². The number of hydroxylamine groups is 2. The Morgan fingerprint density at radius 3 is 2.47 bits per heavy atom. The first kappa shape index (κ1) is 26.1. The number of morpholine rings is 1. The van der Waals surface area contributed by atoms with Gasteiger partial charge >= 0.3 is 0 Å². The summed E-state index contributed by atoms with van der Waals surface area (Å²) in [5, 5.41) is 13.7. The SMILES string of the molecule is CC#CCOc1ccc(S(=O)(=O)CC2(C(=O)N(O)C(=O)CN3CCOCC3)CCNCC2)cc1. The summed E-state index contributed by atoms with van der Waals surface area (Å²) in [6, 6.07) is 5.91. The summed E-state index contributed by atoms with van der Waals surface area (Å²) in [7, 11) is -3.90. The number of piperidine rings is 1. The average Bonchev–Trinajstić information content (AvgIpc) is 2.84. The summed E-state index contributed by atoms with van der Waals surface area (Å²) >= 11 is 0. The Labute approximate surface area is 200 Å². The quantitative estimate of drug-likeness (QED) is 0.299. The smallest absolute Gasteiger partial charge is 0.267 e. The van der Waals surface area contributed by atoms with Gasteiger partial charge in [-0.25, -0.2) is 8.42 Å². The number of carbonyl (C=O) groups excluding carboxylic acids is 2. The number of benzene rings is 1. The molecule has 10 nitrogen and oxygen atoms in total. The van der Waals surface area contributed by atoms with E-state index in [0.717, 1.165) is 0 Å². The van der Waals surface area contributed by atoms with Crippen LogP contribution in [0.4, 0.5) is 0 Å². The van der Waals surface area contributed by atoms with Gasteiger partial charge in [-0.15, -0.1) is 5.92 Å². The molecule has 186 valence electrons. The molecule has 0 bridgehead atoms. The maximum absolute atomic E-state index is 13.3. The Morgan fingerprint density at radius 1 is 1.21 bits per heavy atom. The van der Waals surface area contributed by atoms with Gasteiger partial charge in [0.15, 0.2) is 9.84 Å². The molecule has 0 unspecified atom stereocenters. The normalized spacial score (nSPS) is 18.4. The van der Waals surface area contributed by atoms with Crippen LogP contribution >= 0.6 is 0 Å². The monoisotopic (exact) mass is 493 g/mol. The first-order valence-corrected chi connectivity index (χ1v) is 12.8. The van der Waals surface area contributed by atoms with Crippen molar-refractivity contribution < 1.29 is 32.7 Å². The summed E-state index contributed by atoms with van der Waals surface area (Å²) in [6.07, 6.45) is 0.369. The molecular weight excluding hydrogens is 462 g/mol. The fraction of sp³-hybridized carbons (Fsp3) is 0.565. The van der Waals surface area contributed by atoms with Crippen LogP contribution in [-0.2, 0) is 24.2 Å². The van der Waals surface area contributed by atoms with Crippen LogP contribution < -0.4 is 10.1 Å². The molecule has 0 saturated carbocycles. The van der Waals surface area contributed by atoms with Crippen molar-refractivity contribution in [2.24, 2.45) is 5.41 Å². The lowest BCUT2D eigenvalue weighted by molar-refractivity contribution is -0.188. The summed E-state index contributed by atoms with van der Waals surface area (Å²) < 4.78 is 37.2. The van der Waals surface area contributed by atoms with Crippen LogP contribution in [0.15, 0.2) is 29.2 Å². The molecule has 2 aliphatic rings. The molecule has 0 spiro atoms. The third-order valence-corrected chi connectivity index (χ3v) is 7.97. The minimum Gasteiger partial charge on any atom is -0.481 e. The second kappa shape index (κ2) is 11.8. The van der Waals surface area contributed by atoms with E-state index in [-0.39, 0.29) is 36.0 Å². The predicted molar refractivity (Wildman–Crippen MR) is 123 cm³/mol. The van der Waals surface area contributed by atoms with E-state index < -0.39 is 32.8 Å². The summed E-state index contributed by atoms with van der Waals surface area (Å²) in [6.45, 7) is 4.52. The molecule has 34 heavy (non-hydrogen) atoms. The molecular formula is C23H31N3O7S. The Hall–Kier alpha value is -2.49. The van der Waals surface area contributed by atoms with Crippen molar-refractivity contribution in [3.05, 3.63) is 24.3 Å².